The van der Waals surface area contributed by atoms with Gasteiger partial charge in [0.25, 0.3) is 0 Å². The first-order valence-corrected chi connectivity index (χ1v) is 2.06. The molecule has 0 aromatic heterocycles. The summed E-state index contributed by atoms with van der Waals surface area (Å²) in [5.74, 6) is 0. The molecule has 0 aliphatic heterocycles. The molecular weight excluding hydrogens is 132 g/mol. The first kappa shape index (κ1) is 9.08. The van der Waals surface area contributed by atoms with Crippen LogP contribution in [0.25, 0.3) is 0 Å². The van der Waals surface area contributed by atoms with Gasteiger partial charge in [0.05, 0.1) is 0 Å². The molecular formula is H9N3NiP. The van der Waals surface area contributed by atoms with E-state index in [0.29, 0.717) is 0 Å². The summed E-state index contributed by atoms with van der Waals surface area (Å²) < 4.78 is 12.1. The van der Waals surface area contributed by atoms with Crippen LogP contribution >= 0.6 is 9.90 Å². The standard InChI is InChI=1S/H2N.2HN.Ni.H5P/h1H2;2*1H;;1H5/q-1;;;+1;. The second kappa shape index (κ2) is 4.48. The summed E-state index contributed by atoms with van der Waals surface area (Å²) in [6.07, 6.45) is 0. The summed E-state index contributed by atoms with van der Waals surface area (Å²) in [6.45, 7) is 0. The molecule has 0 bridgehead atoms. The SMILES string of the molecule is [NH]=[Ni](=[NH])[NH2].[PH5]. The molecule has 0 saturated heterocycles. The van der Waals surface area contributed by atoms with Crippen LogP contribution in [0.15, 0.2) is 0 Å². The summed E-state index contributed by atoms with van der Waals surface area (Å²) in [4.78, 5) is 4.49. The molecule has 0 amide bonds. The second-order valence-corrected chi connectivity index (χ2v) is 1.08. The zero-order valence-electron chi connectivity index (χ0n) is 1.89. The Morgan fingerprint density at radius 1 is 1.40 bits per heavy atom. The van der Waals surface area contributed by atoms with Gasteiger partial charge >= 0.3 is 36.8 Å². The third-order valence-corrected chi connectivity index (χ3v) is 0. The molecule has 0 atom stereocenters. The summed E-state index contributed by atoms with van der Waals surface area (Å²) in [7, 11) is 0. The molecule has 5 heteroatoms. The fraction of sp³-hybridized carbons (Fsp3) is 0. The first-order valence-electron chi connectivity index (χ1n) is 0.499. The van der Waals surface area contributed by atoms with Crippen LogP contribution in [0.2, 0.25) is 0 Å². The van der Waals surface area contributed by atoms with Crippen LogP contribution in [0.5, 0.6) is 0 Å². The van der Waals surface area contributed by atoms with Crippen LogP contribution in [0.4, 0.5) is 0 Å². The molecule has 0 aromatic carbocycles. The molecule has 0 aliphatic carbocycles. The van der Waals surface area contributed by atoms with E-state index in [2.05, 4.69) is 4.81 Å². The van der Waals surface area contributed by atoms with Gasteiger partial charge in [0.2, 0.25) is 0 Å². The molecule has 0 radical (unpaired) electrons. The summed E-state index contributed by atoms with van der Waals surface area (Å²) in [5, 5.41) is 0. The Morgan fingerprint density at radius 2 is 1.40 bits per heavy atom. The molecule has 0 aromatic rings. The Kier molecular flexibility index (Phi) is 8.15. The second-order valence-electron chi connectivity index (χ2n) is 0.262. The Labute approximate surface area is 37.6 Å². The molecule has 0 rings (SSSR count). The van der Waals surface area contributed by atoms with E-state index in [9.17, 15) is 0 Å². The van der Waals surface area contributed by atoms with Gasteiger partial charge in [-0.15, -0.1) is 0 Å². The van der Waals surface area contributed by atoms with Crippen LogP contribution in [-0.2, 0) is 13.2 Å². The van der Waals surface area contributed by atoms with Crippen molar-refractivity contribution < 1.29 is 13.2 Å². The normalized spacial score (nSPS) is 8.60. The van der Waals surface area contributed by atoms with Crippen molar-refractivity contribution in [3.8, 4) is 0 Å². The fourth-order valence-electron chi connectivity index (χ4n) is 0. The molecule has 0 saturated carbocycles. The van der Waals surface area contributed by atoms with Crippen molar-refractivity contribution >= 4 is 9.90 Å². The van der Waals surface area contributed by atoms with Crippen LogP contribution in [0.1, 0.15) is 0 Å². The van der Waals surface area contributed by atoms with E-state index in [1.807, 2.05) is 0 Å². The average molecular weight is 141 g/mol. The van der Waals surface area contributed by atoms with Crippen molar-refractivity contribution in [2.24, 2.45) is 4.81 Å². The van der Waals surface area contributed by atoms with Crippen molar-refractivity contribution in [3.05, 3.63) is 0 Å². The summed E-state index contributed by atoms with van der Waals surface area (Å²) in [5.41, 5.74) is 0. The third-order valence-electron chi connectivity index (χ3n) is 0. The van der Waals surface area contributed by atoms with Crippen molar-refractivity contribution in [3.63, 3.8) is 0 Å². The Bertz CT molecular complexity index is 55.3. The quantitative estimate of drug-likeness (QED) is 0.309. The summed E-state index contributed by atoms with van der Waals surface area (Å²) >= 11 is -1.46. The van der Waals surface area contributed by atoms with Crippen molar-refractivity contribution in [2.45, 2.75) is 0 Å². The van der Waals surface area contributed by atoms with Gasteiger partial charge in [-0.1, -0.05) is 0 Å². The van der Waals surface area contributed by atoms with E-state index in [-0.39, 0.29) is 9.90 Å². The van der Waals surface area contributed by atoms with Gasteiger partial charge < -0.3 is 0 Å². The zero-order chi connectivity index (χ0) is 3.58. The molecule has 5 heavy (non-hydrogen) atoms. The average Bonchev–Trinajstić information content (AvgIpc) is 0.811. The Hall–Kier alpha value is 0.484. The number of hydrogen-bond donors (Lipinski definition) is 3. The van der Waals surface area contributed by atoms with Gasteiger partial charge in [-0.25, -0.2) is 0 Å². The molecule has 0 fully saturated rings. The van der Waals surface area contributed by atoms with Gasteiger partial charge in [-0.05, 0) is 0 Å². The number of hydrogen-bond acceptors (Lipinski definition) is 2. The van der Waals surface area contributed by atoms with Crippen molar-refractivity contribution in [1.29, 1.82) is 8.89 Å². The molecule has 0 unspecified atom stereocenters. The van der Waals surface area contributed by atoms with Gasteiger partial charge in [-0.2, -0.15) is 0 Å². The fourth-order valence-corrected chi connectivity index (χ4v) is 0. The predicted molar refractivity (Wildman–Crippen MR) is 23.5 cm³/mol. The molecule has 0 aliphatic rings. The molecule has 3 nitrogen and oxygen atoms in total. The summed E-state index contributed by atoms with van der Waals surface area (Å²) in [6, 6.07) is 0. The Morgan fingerprint density at radius 3 is 1.40 bits per heavy atom. The third kappa shape index (κ3) is 118. The van der Waals surface area contributed by atoms with E-state index in [4.69, 9.17) is 8.89 Å². The van der Waals surface area contributed by atoms with E-state index < -0.39 is 13.2 Å². The van der Waals surface area contributed by atoms with Crippen LogP contribution < -0.4 is 4.81 Å². The first-order chi connectivity index (χ1) is 1.73. The predicted octanol–water partition coefficient (Wildman–Crippen LogP) is -0.474. The van der Waals surface area contributed by atoms with E-state index in [1.54, 1.807) is 0 Å². The Balaban J connectivity index is 0. The molecule has 0 heterocycles. The van der Waals surface area contributed by atoms with Gasteiger partial charge in [0, 0.05) is 0 Å². The van der Waals surface area contributed by atoms with Gasteiger partial charge in [-0.3, -0.25) is 0 Å². The maximum atomic E-state index is 6.07. The van der Waals surface area contributed by atoms with Crippen molar-refractivity contribution in [2.75, 3.05) is 0 Å². The molecule has 0 spiro atoms. The minimum absolute atomic E-state index is 0. The maximum absolute atomic E-state index is 6.07. The van der Waals surface area contributed by atoms with E-state index in [1.165, 1.54) is 0 Å². The van der Waals surface area contributed by atoms with Gasteiger partial charge in [0.1, 0.15) is 0 Å². The molecule has 39 valence electrons. The molecule has 4 N–H and O–H groups in total. The van der Waals surface area contributed by atoms with Crippen molar-refractivity contribution in [1.82, 2.24) is 0 Å². The van der Waals surface area contributed by atoms with Crippen LogP contribution in [0, 0.1) is 8.89 Å². The van der Waals surface area contributed by atoms with Gasteiger partial charge in [0.15, 0.2) is 0 Å². The van der Waals surface area contributed by atoms with Crippen LogP contribution in [0.3, 0.4) is 0 Å². The zero-order valence-corrected chi connectivity index (χ0v) is 2.88. The number of nitrogens with two attached hydrogens (primary N) is 1. The van der Waals surface area contributed by atoms with E-state index >= 15 is 0 Å². The number of rotatable bonds is 0. The topological polar surface area (TPSA) is 73.7 Å². The number of nitrogens with one attached hydrogen (secondary N) is 2. The monoisotopic (exact) mass is 140 g/mol. The minimum atomic E-state index is -1.46. The van der Waals surface area contributed by atoms with E-state index in [0.717, 1.165) is 0 Å². The van der Waals surface area contributed by atoms with Crippen LogP contribution in [-0.4, -0.2) is 0 Å².